The van der Waals surface area contributed by atoms with E-state index >= 15 is 0 Å². The fourth-order valence-electron chi connectivity index (χ4n) is 13.9. The summed E-state index contributed by atoms with van der Waals surface area (Å²) in [5.74, 6) is 0. The summed E-state index contributed by atoms with van der Waals surface area (Å²) in [4.78, 5) is 2.63. The number of fused-ring (bicyclic) bond motifs is 10. The van der Waals surface area contributed by atoms with Gasteiger partial charge in [-0.2, -0.15) is 0 Å². The van der Waals surface area contributed by atoms with Gasteiger partial charge in [0.2, 0.25) is 0 Å². The van der Waals surface area contributed by atoms with Gasteiger partial charge in [-0.15, -0.1) is 0 Å². The van der Waals surface area contributed by atoms with Crippen LogP contribution in [0.15, 0.2) is 200 Å². The Morgan fingerprint density at radius 2 is 0.877 bits per heavy atom. The first kappa shape index (κ1) is 42.4. The van der Waals surface area contributed by atoms with Gasteiger partial charge in [0.1, 0.15) is 0 Å². The summed E-state index contributed by atoms with van der Waals surface area (Å²) in [6, 6.07) is 72.2. The number of rotatable bonds is 4. The summed E-state index contributed by atoms with van der Waals surface area (Å²) < 4.78 is 0. The summed E-state index contributed by atoms with van der Waals surface area (Å²) in [5.41, 5.74) is 24.8. The van der Waals surface area contributed by atoms with Crippen LogP contribution in [0.2, 0.25) is 0 Å². The molecule has 11 aromatic carbocycles. The van der Waals surface area contributed by atoms with Crippen LogP contribution < -0.4 is 4.90 Å². The fraction of sp³-hybridized carbons (Fsp3) is 0.139. The van der Waals surface area contributed by atoms with Crippen molar-refractivity contribution in [2.24, 2.45) is 0 Å². The average Bonchev–Trinajstić information content (AvgIpc) is 3.43. The van der Waals surface area contributed by atoms with Gasteiger partial charge in [0.25, 0.3) is 0 Å². The predicted molar refractivity (Wildman–Crippen MR) is 312 cm³/mol. The molecule has 0 amide bonds. The molecular weight excluding hydrogens is 879 g/mol. The van der Waals surface area contributed by atoms with E-state index in [1.165, 1.54) is 149 Å². The van der Waals surface area contributed by atoms with Crippen LogP contribution in [0.1, 0.15) is 85.0 Å². The molecule has 15 rings (SSSR count). The van der Waals surface area contributed by atoms with E-state index in [2.05, 4.69) is 245 Å². The van der Waals surface area contributed by atoms with E-state index in [0.29, 0.717) is 0 Å². The molecule has 0 aromatic heterocycles. The van der Waals surface area contributed by atoms with E-state index in [0.717, 1.165) is 25.7 Å². The molecule has 1 nitrogen and oxygen atoms in total. The zero-order valence-corrected chi connectivity index (χ0v) is 42.0. The van der Waals surface area contributed by atoms with Crippen molar-refractivity contribution in [3.05, 3.63) is 245 Å². The molecule has 0 spiro atoms. The molecule has 0 N–H and O–H groups in total. The van der Waals surface area contributed by atoms with Crippen LogP contribution in [0.3, 0.4) is 0 Å². The molecule has 4 aliphatic rings. The minimum absolute atomic E-state index is 0.266. The van der Waals surface area contributed by atoms with Crippen LogP contribution in [-0.4, -0.2) is 0 Å². The van der Waals surface area contributed by atoms with Gasteiger partial charge in [-0.3, -0.25) is 0 Å². The number of para-hydroxylation sites is 1. The molecule has 0 radical (unpaired) electrons. The van der Waals surface area contributed by atoms with Crippen molar-refractivity contribution in [2.45, 2.75) is 64.2 Å². The summed E-state index contributed by atoms with van der Waals surface area (Å²) in [6.45, 7) is 9.86. The van der Waals surface area contributed by atoms with E-state index in [4.69, 9.17) is 0 Å². The maximum absolute atomic E-state index is 2.63. The van der Waals surface area contributed by atoms with E-state index in [1.807, 2.05) is 0 Å². The lowest BCUT2D eigenvalue weighted by Gasteiger charge is -2.50. The minimum Gasteiger partial charge on any atom is -0.309 e. The molecule has 0 fully saturated rings. The Balaban J connectivity index is 0.975. The number of hydrogen-bond donors (Lipinski definition) is 0. The van der Waals surface area contributed by atoms with E-state index in [1.54, 1.807) is 0 Å². The lowest BCUT2D eigenvalue weighted by Crippen LogP contribution is -2.38. The third kappa shape index (κ3) is 6.09. The SMILES string of the molecule is CC1(C)c2ccccc2N2c3ccc(-c4c5c(c(-c6ccc7c(c6)CCC=C7)c6ccccc46)CCC=C5)cc3C(C)(C)c3cc(-c4c5ccccc5c(-c5ccc6ccccc6c5)c5ccccc45)cc1c32. The van der Waals surface area contributed by atoms with Gasteiger partial charge in [-0.25, -0.2) is 0 Å². The Kier molecular flexibility index (Phi) is 9.08. The second kappa shape index (κ2) is 15.6. The van der Waals surface area contributed by atoms with Gasteiger partial charge in [0, 0.05) is 10.8 Å². The summed E-state index contributed by atoms with van der Waals surface area (Å²) in [7, 11) is 0. The molecule has 0 unspecified atom stereocenters. The normalized spacial score (nSPS) is 15.5. The van der Waals surface area contributed by atoms with Crippen molar-refractivity contribution >= 4 is 72.3 Å². The molecule has 2 aliphatic heterocycles. The number of benzene rings is 11. The number of aryl methyl sites for hydroxylation is 1. The van der Waals surface area contributed by atoms with Gasteiger partial charge >= 0.3 is 0 Å². The Labute approximate surface area is 428 Å². The molecule has 73 heavy (non-hydrogen) atoms. The standard InChI is InChI=1S/C72H55N/c1-71(2)60-31-17-18-32-64(60)73-65-38-37-50(68-54-25-11-9-23-52(54)66(53-24-10-12-26-55(53)68)48-35-33-44-19-5-7-21-46(44)39-48)41-61(65)72(3,4)63-43-51(42-62(71)70(63)73)69-58-29-15-13-27-56(58)67(57-28-14-16-30-59(57)69)49-36-34-45-20-6-8-22-47(45)40-49/h5-6,8-9,11-20,22-23,25-43H,7,10,21,24H2,1-4H3. The number of allylic oxidation sites excluding steroid dienone is 2. The highest BCUT2D eigenvalue weighted by molar-refractivity contribution is 6.22. The maximum Gasteiger partial charge on any atom is 0.0544 e. The smallest absolute Gasteiger partial charge is 0.0544 e. The fourth-order valence-corrected chi connectivity index (χ4v) is 13.9. The van der Waals surface area contributed by atoms with Gasteiger partial charge in [0.05, 0.1) is 17.1 Å². The molecule has 0 bridgehead atoms. The highest BCUT2D eigenvalue weighted by Crippen LogP contribution is 2.62. The molecule has 2 heterocycles. The van der Waals surface area contributed by atoms with Crippen molar-refractivity contribution in [3.63, 3.8) is 0 Å². The molecule has 11 aromatic rings. The zero-order chi connectivity index (χ0) is 48.7. The summed E-state index contributed by atoms with van der Waals surface area (Å²) in [6.07, 6.45) is 13.7. The number of hydrogen-bond acceptors (Lipinski definition) is 1. The molecule has 1 heteroatoms. The largest absolute Gasteiger partial charge is 0.309 e. The Hall–Kier alpha value is -8.26. The van der Waals surface area contributed by atoms with Crippen molar-refractivity contribution in [2.75, 3.05) is 4.90 Å². The Bertz CT molecular complexity index is 4210. The summed E-state index contributed by atoms with van der Waals surface area (Å²) >= 11 is 0. The van der Waals surface area contributed by atoms with Crippen molar-refractivity contribution in [1.29, 1.82) is 0 Å². The quantitative estimate of drug-likeness (QED) is 0.159. The van der Waals surface area contributed by atoms with Gasteiger partial charge < -0.3 is 4.90 Å². The van der Waals surface area contributed by atoms with Crippen LogP contribution >= 0.6 is 0 Å². The molecule has 348 valence electrons. The van der Waals surface area contributed by atoms with E-state index < -0.39 is 0 Å². The first-order valence-electron chi connectivity index (χ1n) is 26.4. The Morgan fingerprint density at radius 1 is 0.370 bits per heavy atom. The predicted octanol–water partition coefficient (Wildman–Crippen LogP) is 19.6. The van der Waals surface area contributed by atoms with Gasteiger partial charge in [-0.05, 0) is 194 Å². The van der Waals surface area contributed by atoms with Crippen molar-refractivity contribution in [3.8, 4) is 44.5 Å². The molecule has 0 saturated heterocycles. The third-order valence-electron chi connectivity index (χ3n) is 17.5. The van der Waals surface area contributed by atoms with Crippen LogP contribution in [-0.2, 0) is 23.7 Å². The second-order valence-corrected chi connectivity index (χ2v) is 22.1. The summed E-state index contributed by atoms with van der Waals surface area (Å²) in [5, 5.41) is 10.3. The maximum atomic E-state index is 2.63. The molecule has 0 saturated carbocycles. The lowest BCUT2D eigenvalue weighted by atomic mass is 9.65. The first-order chi connectivity index (χ1) is 35.7. The van der Waals surface area contributed by atoms with Gasteiger partial charge in [-0.1, -0.05) is 204 Å². The second-order valence-electron chi connectivity index (χ2n) is 22.1. The topological polar surface area (TPSA) is 3.24 Å². The molecule has 2 aliphatic carbocycles. The lowest BCUT2D eigenvalue weighted by molar-refractivity contribution is 0.598. The zero-order valence-electron chi connectivity index (χ0n) is 42.0. The average molecular weight is 934 g/mol. The minimum atomic E-state index is -0.357. The highest BCUT2D eigenvalue weighted by atomic mass is 15.2. The number of nitrogens with zero attached hydrogens (tertiary/aromatic N) is 1. The first-order valence-corrected chi connectivity index (χ1v) is 26.4. The van der Waals surface area contributed by atoms with Crippen LogP contribution in [0, 0.1) is 0 Å². The number of anilines is 3. The van der Waals surface area contributed by atoms with Crippen LogP contribution in [0.5, 0.6) is 0 Å². The third-order valence-corrected chi connectivity index (χ3v) is 17.5. The monoisotopic (exact) mass is 933 g/mol. The van der Waals surface area contributed by atoms with Gasteiger partial charge in [0.15, 0.2) is 0 Å². The van der Waals surface area contributed by atoms with E-state index in [-0.39, 0.29) is 10.8 Å². The molecule has 0 atom stereocenters. The van der Waals surface area contributed by atoms with Crippen molar-refractivity contribution < 1.29 is 0 Å². The highest BCUT2D eigenvalue weighted by Gasteiger charge is 2.46. The molecular formula is C72H55N. The van der Waals surface area contributed by atoms with Crippen molar-refractivity contribution in [1.82, 2.24) is 0 Å². The van der Waals surface area contributed by atoms with Crippen LogP contribution in [0.25, 0.3) is 99.7 Å². The van der Waals surface area contributed by atoms with Crippen LogP contribution in [0.4, 0.5) is 17.1 Å². The Morgan fingerprint density at radius 3 is 1.60 bits per heavy atom. The van der Waals surface area contributed by atoms with E-state index in [9.17, 15) is 0 Å².